The molecule has 0 saturated heterocycles. The lowest BCUT2D eigenvalue weighted by Crippen LogP contribution is -2.32. The summed E-state index contributed by atoms with van der Waals surface area (Å²) in [7, 11) is 1.87. The highest BCUT2D eigenvalue weighted by atomic mass is 79.9. The number of aryl methyl sites for hydroxylation is 1. The van der Waals surface area contributed by atoms with Crippen molar-refractivity contribution in [1.29, 1.82) is 0 Å². The van der Waals surface area contributed by atoms with Crippen LogP contribution < -0.4 is 5.32 Å². The minimum absolute atomic E-state index is 0.377. The second-order valence-electron chi connectivity index (χ2n) is 5.66. The monoisotopic (exact) mass is 339 g/mol. The molecule has 20 heavy (non-hydrogen) atoms. The molecule has 2 rings (SSSR count). The number of aromatic nitrogens is 2. The van der Waals surface area contributed by atoms with Gasteiger partial charge in [0.15, 0.2) is 0 Å². The third kappa shape index (κ3) is 3.72. The van der Waals surface area contributed by atoms with Crippen molar-refractivity contribution in [3.05, 3.63) is 28.4 Å². The van der Waals surface area contributed by atoms with Crippen LogP contribution in [0.5, 0.6) is 0 Å². The number of nitrogens with zero attached hydrogens (tertiary/aromatic N) is 2. The second-order valence-corrected chi connectivity index (χ2v) is 6.58. The molecule has 1 aromatic heterocycles. The average Bonchev–Trinajstić information content (AvgIpc) is 2.63. The Bertz CT molecular complexity index is 644. The molecule has 0 aliphatic rings. The largest absolute Gasteiger partial charge is 0.444 e. The number of halogens is 1. The highest BCUT2D eigenvalue weighted by Gasteiger charge is 2.16. The number of fused-ring (bicyclic) bond motifs is 1. The summed E-state index contributed by atoms with van der Waals surface area (Å²) < 4.78 is 7.93. The standard InChI is InChI=1S/C14H18BrN3O2/c1-14(2,3)20-13(19)16-7-9-5-11(15)6-10-8-18(4)17-12(9)10/h5-6,8H,7H2,1-4H3,(H,16,19). The van der Waals surface area contributed by atoms with E-state index >= 15 is 0 Å². The molecule has 1 amide bonds. The van der Waals surface area contributed by atoms with E-state index in [0.717, 1.165) is 20.9 Å². The summed E-state index contributed by atoms with van der Waals surface area (Å²) in [6.07, 6.45) is 1.51. The summed E-state index contributed by atoms with van der Waals surface area (Å²) in [5.41, 5.74) is 1.33. The van der Waals surface area contributed by atoms with E-state index in [9.17, 15) is 4.79 Å². The van der Waals surface area contributed by atoms with Gasteiger partial charge in [0.2, 0.25) is 0 Å². The van der Waals surface area contributed by atoms with Crippen molar-refractivity contribution < 1.29 is 9.53 Å². The minimum Gasteiger partial charge on any atom is -0.444 e. The summed E-state index contributed by atoms with van der Waals surface area (Å²) in [6.45, 7) is 5.88. The summed E-state index contributed by atoms with van der Waals surface area (Å²) in [6, 6.07) is 3.95. The molecule has 0 saturated carbocycles. The van der Waals surface area contributed by atoms with Crippen LogP contribution in [0.25, 0.3) is 10.9 Å². The third-order valence-corrected chi connectivity index (χ3v) is 3.05. The van der Waals surface area contributed by atoms with Crippen LogP contribution in [0.15, 0.2) is 22.8 Å². The minimum atomic E-state index is -0.498. The van der Waals surface area contributed by atoms with Crippen LogP contribution >= 0.6 is 15.9 Å². The van der Waals surface area contributed by atoms with Crippen molar-refractivity contribution >= 4 is 32.9 Å². The molecule has 0 unspecified atom stereocenters. The molecule has 108 valence electrons. The Labute approximate surface area is 126 Å². The van der Waals surface area contributed by atoms with Crippen molar-refractivity contribution in [3.63, 3.8) is 0 Å². The molecule has 0 bridgehead atoms. The Hall–Kier alpha value is -1.56. The molecular weight excluding hydrogens is 322 g/mol. The number of ether oxygens (including phenoxy) is 1. The summed E-state index contributed by atoms with van der Waals surface area (Å²) in [4.78, 5) is 11.7. The molecule has 2 aromatic rings. The fourth-order valence-electron chi connectivity index (χ4n) is 1.90. The number of hydrogen-bond donors (Lipinski definition) is 1. The van der Waals surface area contributed by atoms with Gasteiger partial charge >= 0.3 is 6.09 Å². The van der Waals surface area contributed by atoms with Gasteiger partial charge in [-0.05, 0) is 32.9 Å². The molecule has 0 aliphatic carbocycles. The Morgan fingerprint density at radius 3 is 2.80 bits per heavy atom. The van der Waals surface area contributed by atoms with Gasteiger partial charge in [-0.1, -0.05) is 15.9 Å². The number of carbonyl (C=O) groups is 1. The smallest absolute Gasteiger partial charge is 0.407 e. The number of rotatable bonds is 2. The quantitative estimate of drug-likeness (QED) is 0.912. The van der Waals surface area contributed by atoms with Crippen LogP contribution in [0.2, 0.25) is 0 Å². The molecule has 0 atom stereocenters. The molecule has 6 heteroatoms. The molecule has 0 spiro atoms. The first kappa shape index (κ1) is 14.8. The summed E-state index contributed by atoms with van der Waals surface area (Å²) in [5.74, 6) is 0. The van der Waals surface area contributed by atoms with Crippen LogP contribution in [0.1, 0.15) is 26.3 Å². The van der Waals surface area contributed by atoms with Crippen molar-refractivity contribution in [2.75, 3.05) is 0 Å². The molecule has 1 heterocycles. The first-order chi connectivity index (χ1) is 9.24. The Kier molecular flexibility index (Phi) is 4.04. The van der Waals surface area contributed by atoms with Gasteiger partial charge in [-0.25, -0.2) is 4.79 Å². The first-order valence-electron chi connectivity index (χ1n) is 6.33. The molecule has 0 fully saturated rings. The van der Waals surface area contributed by atoms with E-state index in [0.29, 0.717) is 6.54 Å². The van der Waals surface area contributed by atoms with Gasteiger partial charge in [0.25, 0.3) is 0 Å². The number of hydrogen-bond acceptors (Lipinski definition) is 3. The van der Waals surface area contributed by atoms with Gasteiger partial charge in [0, 0.05) is 35.2 Å². The summed E-state index contributed by atoms with van der Waals surface area (Å²) >= 11 is 3.47. The zero-order valence-corrected chi connectivity index (χ0v) is 13.6. The van der Waals surface area contributed by atoms with Crippen molar-refractivity contribution in [2.24, 2.45) is 7.05 Å². The van der Waals surface area contributed by atoms with E-state index in [4.69, 9.17) is 4.74 Å². The van der Waals surface area contributed by atoms with Crippen LogP contribution in [0, 0.1) is 0 Å². The summed E-state index contributed by atoms with van der Waals surface area (Å²) in [5, 5.41) is 8.19. The fraction of sp³-hybridized carbons (Fsp3) is 0.429. The van der Waals surface area contributed by atoms with Crippen LogP contribution in [0.3, 0.4) is 0 Å². The number of nitrogens with one attached hydrogen (secondary N) is 1. The Morgan fingerprint density at radius 2 is 2.15 bits per heavy atom. The number of amides is 1. The van der Waals surface area contributed by atoms with Crippen molar-refractivity contribution in [1.82, 2.24) is 15.1 Å². The zero-order valence-electron chi connectivity index (χ0n) is 12.0. The Balaban J connectivity index is 2.15. The van der Waals surface area contributed by atoms with E-state index < -0.39 is 11.7 Å². The maximum Gasteiger partial charge on any atom is 0.407 e. The third-order valence-electron chi connectivity index (χ3n) is 2.59. The van der Waals surface area contributed by atoms with Crippen molar-refractivity contribution in [3.8, 4) is 0 Å². The molecular formula is C14H18BrN3O2. The first-order valence-corrected chi connectivity index (χ1v) is 7.12. The van der Waals surface area contributed by atoms with E-state index in [-0.39, 0.29) is 0 Å². The van der Waals surface area contributed by atoms with Gasteiger partial charge in [-0.15, -0.1) is 0 Å². The number of carbonyl (C=O) groups excluding carboxylic acids is 1. The van der Waals surface area contributed by atoms with E-state index in [2.05, 4.69) is 26.3 Å². The van der Waals surface area contributed by atoms with Gasteiger partial charge in [0.1, 0.15) is 5.60 Å². The predicted molar refractivity (Wildman–Crippen MR) is 81.5 cm³/mol. The van der Waals surface area contributed by atoms with Crippen LogP contribution in [0.4, 0.5) is 4.79 Å². The fourth-order valence-corrected chi connectivity index (χ4v) is 2.43. The molecule has 0 aliphatic heterocycles. The van der Waals surface area contributed by atoms with E-state index in [1.165, 1.54) is 0 Å². The SMILES string of the molecule is Cn1cc2cc(Br)cc(CNC(=O)OC(C)(C)C)c2n1. The van der Waals surface area contributed by atoms with E-state index in [1.54, 1.807) is 4.68 Å². The zero-order chi connectivity index (χ0) is 14.9. The van der Waals surface area contributed by atoms with Gasteiger partial charge in [-0.3, -0.25) is 4.68 Å². The van der Waals surface area contributed by atoms with Crippen LogP contribution in [-0.4, -0.2) is 21.5 Å². The lowest BCUT2D eigenvalue weighted by atomic mass is 10.1. The molecule has 0 radical (unpaired) electrons. The molecule has 1 aromatic carbocycles. The maximum atomic E-state index is 11.7. The lowest BCUT2D eigenvalue weighted by Gasteiger charge is -2.19. The molecule has 5 nitrogen and oxygen atoms in total. The van der Waals surface area contributed by atoms with Crippen LogP contribution in [-0.2, 0) is 18.3 Å². The van der Waals surface area contributed by atoms with Gasteiger partial charge in [-0.2, -0.15) is 5.10 Å². The highest BCUT2D eigenvalue weighted by molar-refractivity contribution is 9.10. The lowest BCUT2D eigenvalue weighted by molar-refractivity contribution is 0.0524. The Morgan fingerprint density at radius 1 is 1.45 bits per heavy atom. The number of benzene rings is 1. The average molecular weight is 340 g/mol. The van der Waals surface area contributed by atoms with Gasteiger partial charge in [0.05, 0.1) is 5.52 Å². The highest BCUT2D eigenvalue weighted by Crippen LogP contribution is 2.23. The van der Waals surface area contributed by atoms with E-state index in [1.807, 2.05) is 46.1 Å². The predicted octanol–water partition coefficient (Wildman–Crippen LogP) is 3.36. The van der Waals surface area contributed by atoms with Gasteiger partial charge < -0.3 is 10.1 Å². The maximum absolute atomic E-state index is 11.7. The number of alkyl carbamates (subject to hydrolysis) is 1. The normalized spacial score (nSPS) is 11.7. The van der Waals surface area contributed by atoms with Crippen molar-refractivity contribution in [2.45, 2.75) is 32.9 Å². The second kappa shape index (κ2) is 5.44. The topological polar surface area (TPSA) is 56.2 Å². The molecule has 1 N–H and O–H groups in total.